The summed E-state index contributed by atoms with van der Waals surface area (Å²) in [5, 5.41) is 7.61. The van der Waals surface area contributed by atoms with Crippen LogP contribution in [0.1, 0.15) is 55.3 Å². The molecule has 2 N–H and O–H groups in total. The Morgan fingerprint density at radius 3 is 2.65 bits per heavy atom. The molecule has 3 rings (SSSR count). The van der Waals surface area contributed by atoms with Crippen LogP contribution in [0.2, 0.25) is 0 Å². The fraction of sp³-hybridized carbons (Fsp3) is 0.350. The molecule has 0 saturated heterocycles. The third kappa shape index (κ3) is 3.73. The summed E-state index contributed by atoms with van der Waals surface area (Å²) in [4.78, 5) is 0. The first-order valence-corrected chi connectivity index (χ1v) is 8.80. The van der Waals surface area contributed by atoms with Crippen molar-refractivity contribution in [2.24, 2.45) is 0 Å². The molecule has 0 saturated carbocycles. The molecule has 1 aliphatic carbocycles. The Labute approximate surface area is 144 Å². The van der Waals surface area contributed by atoms with Crippen LogP contribution in [0, 0.1) is 0 Å². The maximum atomic E-state index is 5.57. The van der Waals surface area contributed by atoms with E-state index in [1.54, 1.807) is 0 Å². The minimum Gasteiger partial charge on any atom is -0.356 e. The molecule has 0 unspecified atom stereocenters. The molecule has 2 aromatic rings. The number of hydrogen-bond donors (Lipinski definition) is 2. The Balaban J connectivity index is 1.72. The van der Waals surface area contributed by atoms with Gasteiger partial charge in [0.1, 0.15) is 0 Å². The van der Waals surface area contributed by atoms with Crippen molar-refractivity contribution in [1.29, 1.82) is 0 Å². The van der Waals surface area contributed by atoms with Crippen molar-refractivity contribution in [2.75, 3.05) is 5.32 Å². The molecule has 0 fully saturated rings. The Bertz CT molecular complexity index is 694. The van der Waals surface area contributed by atoms with Gasteiger partial charge in [0, 0.05) is 5.69 Å². The van der Waals surface area contributed by atoms with Crippen molar-refractivity contribution in [3.8, 4) is 0 Å². The third-order valence-corrected chi connectivity index (χ3v) is 4.73. The van der Waals surface area contributed by atoms with Gasteiger partial charge in [-0.15, -0.1) is 0 Å². The van der Waals surface area contributed by atoms with Gasteiger partial charge in [-0.1, -0.05) is 56.3 Å². The first kappa shape index (κ1) is 16.0. The van der Waals surface area contributed by atoms with E-state index in [-0.39, 0.29) is 0 Å². The maximum Gasteiger partial charge on any atom is 0.171 e. The van der Waals surface area contributed by atoms with Crippen LogP contribution in [0.3, 0.4) is 0 Å². The maximum absolute atomic E-state index is 5.57. The summed E-state index contributed by atoms with van der Waals surface area (Å²) < 4.78 is 0. The summed E-state index contributed by atoms with van der Waals surface area (Å²) in [6.07, 6.45) is 3.51. The molecule has 0 aliphatic heterocycles. The zero-order chi connectivity index (χ0) is 16.2. The molecule has 0 aromatic heterocycles. The van der Waals surface area contributed by atoms with E-state index in [1.165, 1.54) is 29.5 Å². The molecular formula is C20H24N2S. The molecular weight excluding hydrogens is 300 g/mol. The van der Waals surface area contributed by atoms with Gasteiger partial charge in [-0.05, 0) is 60.2 Å². The molecule has 23 heavy (non-hydrogen) atoms. The van der Waals surface area contributed by atoms with E-state index in [9.17, 15) is 0 Å². The Morgan fingerprint density at radius 2 is 1.83 bits per heavy atom. The summed E-state index contributed by atoms with van der Waals surface area (Å²) in [6, 6.07) is 17.4. The fourth-order valence-corrected chi connectivity index (χ4v) is 3.59. The number of rotatable bonds is 3. The number of hydrogen-bond acceptors (Lipinski definition) is 1. The zero-order valence-electron chi connectivity index (χ0n) is 13.8. The molecule has 1 aliphatic rings. The van der Waals surface area contributed by atoms with Gasteiger partial charge in [-0.25, -0.2) is 0 Å². The number of thiocarbonyl (C=S) groups is 1. The minimum absolute atomic E-state index is 0.311. The quantitative estimate of drug-likeness (QED) is 0.761. The summed E-state index contributed by atoms with van der Waals surface area (Å²) in [5.41, 5.74) is 5.23. The lowest BCUT2D eigenvalue weighted by Gasteiger charge is -2.28. The summed E-state index contributed by atoms with van der Waals surface area (Å²) in [7, 11) is 0. The van der Waals surface area contributed by atoms with Crippen LogP contribution >= 0.6 is 12.2 Å². The monoisotopic (exact) mass is 324 g/mol. The number of aryl methyl sites for hydroxylation is 1. The van der Waals surface area contributed by atoms with Crippen LogP contribution in [0.15, 0.2) is 48.5 Å². The standard InChI is InChI=1S/C20H24N2S/c1-14(2)16-10-5-6-12-18(16)21-20(23)22-19-13-7-9-15-8-3-4-11-17(15)19/h3-6,8,10-12,14,19H,7,9,13H2,1-2H3,(H2,21,22,23)/t19-/m1/s1. The molecule has 3 heteroatoms. The van der Waals surface area contributed by atoms with Crippen molar-refractivity contribution in [1.82, 2.24) is 5.32 Å². The summed E-state index contributed by atoms with van der Waals surface area (Å²) >= 11 is 5.57. The van der Waals surface area contributed by atoms with Crippen LogP contribution in [0.4, 0.5) is 5.69 Å². The Hall–Kier alpha value is -1.87. The van der Waals surface area contributed by atoms with Gasteiger partial charge in [0.05, 0.1) is 6.04 Å². The molecule has 2 nitrogen and oxygen atoms in total. The number of para-hydroxylation sites is 1. The van der Waals surface area contributed by atoms with Gasteiger partial charge in [0.15, 0.2) is 5.11 Å². The van der Waals surface area contributed by atoms with Crippen molar-refractivity contribution in [2.45, 2.75) is 45.1 Å². The number of fused-ring (bicyclic) bond motifs is 1. The van der Waals surface area contributed by atoms with Gasteiger partial charge in [0.2, 0.25) is 0 Å². The molecule has 120 valence electrons. The van der Waals surface area contributed by atoms with Gasteiger partial charge in [-0.2, -0.15) is 0 Å². The number of benzene rings is 2. The van der Waals surface area contributed by atoms with Crippen LogP contribution < -0.4 is 10.6 Å². The van der Waals surface area contributed by atoms with Crippen molar-refractivity contribution in [3.05, 3.63) is 65.2 Å². The molecule has 0 heterocycles. The second-order valence-electron chi connectivity index (χ2n) is 6.48. The lowest BCUT2D eigenvalue weighted by Crippen LogP contribution is -2.34. The van der Waals surface area contributed by atoms with Crippen LogP contribution in [-0.4, -0.2) is 5.11 Å². The van der Waals surface area contributed by atoms with Crippen LogP contribution in [0.25, 0.3) is 0 Å². The minimum atomic E-state index is 0.311. The predicted octanol–water partition coefficient (Wildman–Crippen LogP) is 5.17. The van der Waals surface area contributed by atoms with E-state index in [4.69, 9.17) is 12.2 Å². The molecule has 2 aromatic carbocycles. The third-order valence-electron chi connectivity index (χ3n) is 4.51. The molecule has 1 atom stereocenters. The summed E-state index contributed by atoms with van der Waals surface area (Å²) in [5.74, 6) is 0.469. The van der Waals surface area contributed by atoms with Crippen molar-refractivity contribution < 1.29 is 0 Å². The van der Waals surface area contributed by atoms with E-state index in [0.717, 1.165) is 12.1 Å². The first-order valence-electron chi connectivity index (χ1n) is 8.39. The van der Waals surface area contributed by atoms with Gasteiger partial charge >= 0.3 is 0 Å². The predicted molar refractivity (Wildman–Crippen MR) is 102 cm³/mol. The van der Waals surface area contributed by atoms with Gasteiger partial charge in [0.25, 0.3) is 0 Å². The lowest BCUT2D eigenvalue weighted by atomic mass is 9.88. The van der Waals surface area contributed by atoms with E-state index in [0.29, 0.717) is 17.1 Å². The second-order valence-corrected chi connectivity index (χ2v) is 6.89. The lowest BCUT2D eigenvalue weighted by molar-refractivity contribution is 0.529. The van der Waals surface area contributed by atoms with Gasteiger partial charge in [-0.3, -0.25) is 0 Å². The Morgan fingerprint density at radius 1 is 1.09 bits per heavy atom. The average molecular weight is 324 g/mol. The number of nitrogens with one attached hydrogen (secondary N) is 2. The topological polar surface area (TPSA) is 24.1 Å². The SMILES string of the molecule is CC(C)c1ccccc1NC(=S)N[C@@H]1CCCc2ccccc21. The average Bonchev–Trinajstić information content (AvgIpc) is 2.55. The smallest absolute Gasteiger partial charge is 0.171 e. The van der Waals surface area contributed by atoms with E-state index in [2.05, 4.69) is 66.9 Å². The van der Waals surface area contributed by atoms with E-state index < -0.39 is 0 Å². The zero-order valence-corrected chi connectivity index (χ0v) is 14.6. The molecule has 0 bridgehead atoms. The Kier molecular flexibility index (Phi) is 4.97. The second kappa shape index (κ2) is 7.14. The molecule has 0 spiro atoms. The molecule has 0 radical (unpaired) electrons. The molecule has 0 amide bonds. The normalized spacial score (nSPS) is 16.7. The van der Waals surface area contributed by atoms with E-state index >= 15 is 0 Å². The van der Waals surface area contributed by atoms with Crippen LogP contribution in [-0.2, 0) is 6.42 Å². The van der Waals surface area contributed by atoms with Crippen molar-refractivity contribution >= 4 is 23.0 Å². The number of anilines is 1. The largest absolute Gasteiger partial charge is 0.356 e. The highest BCUT2D eigenvalue weighted by Gasteiger charge is 2.20. The van der Waals surface area contributed by atoms with Crippen molar-refractivity contribution in [3.63, 3.8) is 0 Å². The highest BCUT2D eigenvalue weighted by atomic mass is 32.1. The summed E-state index contributed by atoms with van der Waals surface area (Å²) in [6.45, 7) is 4.41. The van der Waals surface area contributed by atoms with Crippen LogP contribution in [0.5, 0.6) is 0 Å². The highest BCUT2D eigenvalue weighted by molar-refractivity contribution is 7.80. The van der Waals surface area contributed by atoms with E-state index in [1.807, 2.05) is 6.07 Å². The fourth-order valence-electron chi connectivity index (χ4n) is 3.33. The van der Waals surface area contributed by atoms with Gasteiger partial charge < -0.3 is 10.6 Å². The first-order chi connectivity index (χ1) is 11.1. The highest BCUT2D eigenvalue weighted by Crippen LogP contribution is 2.30.